The number of methoxy groups -OCH3 is 2. The number of hydrogen-bond donors (Lipinski definition) is 1. The van der Waals surface area contributed by atoms with Crippen LogP contribution >= 0.6 is 0 Å². The second-order valence-corrected chi connectivity index (χ2v) is 11.0. The van der Waals surface area contributed by atoms with Crippen molar-refractivity contribution in [2.45, 2.75) is 46.5 Å². The molecule has 0 atom stereocenters. The number of fused-ring (bicyclic) bond motifs is 1. The van der Waals surface area contributed by atoms with Gasteiger partial charge in [-0.05, 0) is 63.2 Å². The lowest BCUT2D eigenvalue weighted by molar-refractivity contribution is 0.103. The summed E-state index contributed by atoms with van der Waals surface area (Å²) in [5.41, 5.74) is 2.72. The summed E-state index contributed by atoms with van der Waals surface area (Å²) in [7, 11) is -0.569. The predicted octanol–water partition coefficient (Wildman–Crippen LogP) is 5.14. The molecule has 0 fully saturated rings. The molecule has 0 amide bonds. The average molecular weight is 530 g/mol. The molecular weight excluding hydrogens is 490 g/mol. The summed E-state index contributed by atoms with van der Waals surface area (Å²) in [5.74, 6) is 0.706. The topological polar surface area (TPSA) is 89.4 Å². The molecule has 8 nitrogen and oxygen atoms in total. The first-order valence-corrected chi connectivity index (χ1v) is 14.5. The van der Waals surface area contributed by atoms with Gasteiger partial charge in [-0.2, -0.15) is 0 Å². The largest absolute Gasteiger partial charge is 0.495 e. The molecule has 1 aromatic carbocycles. The number of ketones is 1. The van der Waals surface area contributed by atoms with Crippen molar-refractivity contribution in [1.29, 1.82) is 0 Å². The Labute approximate surface area is 220 Å². The number of hydrogen-bond acceptors (Lipinski definition) is 6. The van der Waals surface area contributed by atoms with E-state index in [9.17, 15) is 13.2 Å². The third kappa shape index (κ3) is 6.84. The Balaban J connectivity index is 1.81. The number of rotatable bonds is 15. The van der Waals surface area contributed by atoms with Crippen LogP contribution in [-0.4, -0.2) is 63.1 Å². The SMILES string of the molecule is CCCCN(CCCC)CCS(=O)(=O)Nc1ccc(C(=O)c2c(C)c(OC)c3ccccn23)cc1OC. The van der Waals surface area contributed by atoms with Crippen molar-refractivity contribution in [3.8, 4) is 11.5 Å². The van der Waals surface area contributed by atoms with Crippen LogP contribution in [0.1, 0.15) is 61.1 Å². The number of aromatic nitrogens is 1. The van der Waals surface area contributed by atoms with E-state index in [0.29, 0.717) is 29.2 Å². The minimum Gasteiger partial charge on any atom is -0.495 e. The lowest BCUT2D eigenvalue weighted by atomic mass is 10.0. The number of sulfonamides is 1. The van der Waals surface area contributed by atoms with E-state index in [1.165, 1.54) is 7.11 Å². The van der Waals surface area contributed by atoms with E-state index in [1.54, 1.807) is 25.3 Å². The van der Waals surface area contributed by atoms with Gasteiger partial charge in [0.1, 0.15) is 17.2 Å². The number of anilines is 1. The number of unbranched alkanes of at least 4 members (excludes halogenated alkanes) is 2. The second kappa shape index (κ2) is 13.0. The molecular formula is C28H39N3O5S. The zero-order valence-electron chi connectivity index (χ0n) is 22.5. The highest BCUT2D eigenvalue weighted by atomic mass is 32.2. The van der Waals surface area contributed by atoms with Crippen molar-refractivity contribution in [2.24, 2.45) is 0 Å². The third-order valence-corrected chi connectivity index (χ3v) is 7.76. The van der Waals surface area contributed by atoms with Gasteiger partial charge in [0.2, 0.25) is 15.8 Å². The minimum absolute atomic E-state index is 0.0145. The number of nitrogens with zero attached hydrogens (tertiary/aromatic N) is 2. The standard InChI is InChI=1S/C28H39N3O5S/c1-6-8-15-30(16-9-7-2)18-19-37(33,34)29-23-14-13-22(20-25(23)35-4)27(32)26-21(3)28(36-5)24-12-10-11-17-31(24)26/h10-14,17,20,29H,6-9,15-16,18-19H2,1-5H3. The van der Waals surface area contributed by atoms with Crippen molar-refractivity contribution in [1.82, 2.24) is 9.30 Å². The Hall–Kier alpha value is -3.04. The van der Waals surface area contributed by atoms with Crippen LogP contribution in [0, 0.1) is 6.92 Å². The molecule has 0 bridgehead atoms. The number of benzene rings is 1. The number of ether oxygens (including phenoxy) is 2. The van der Waals surface area contributed by atoms with Crippen molar-refractivity contribution in [2.75, 3.05) is 44.3 Å². The molecule has 0 radical (unpaired) electrons. The quantitative estimate of drug-likeness (QED) is 0.274. The zero-order chi connectivity index (χ0) is 27.0. The predicted molar refractivity (Wildman–Crippen MR) is 149 cm³/mol. The fourth-order valence-corrected chi connectivity index (χ4v) is 5.57. The maximum atomic E-state index is 13.5. The molecule has 3 rings (SSSR count). The summed E-state index contributed by atoms with van der Waals surface area (Å²) in [4.78, 5) is 15.8. The Morgan fingerprint density at radius 1 is 1.00 bits per heavy atom. The van der Waals surface area contributed by atoms with E-state index in [1.807, 2.05) is 35.7 Å². The zero-order valence-corrected chi connectivity index (χ0v) is 23.4. The molecule has 0 spiro atoms. The van der Waals surface area contributed by atoms with Crippen LogP contribution < -0.4 is 14.2 Å². The fourth-order valence-electron chi connectivity index (χ4n) is 4.46. The summed E-state index contributed by atoms with van der Waals surface area (Å²) in [5, 5.41) is 0. The van der Waals surface area contributed by atoms with Gasteiger partial charge in [0, 0.05) is 23.9 Å². The van der Waals surface area contributed by atoms with Gasteiger partial charge in [0.25, 0.3) is 0 Å². The molecule has 3 aromatic rings. The van der Waals surface area contributed by atoms with E-state index < -0.39 is 10.0 Å². The van der Waals surface area contributed by atoms with Gasteiger partial charge in [-0.15, -0.1) is 0 Å². The fraction of sp³-hybridized carbons (Fsp3) is 0.464. The Morgan fingerprint density at radius 2 is 1.70 bits per heavy atom. The van der Waals surface area contributed by atoms with Crippen molar-refractivity contribution < 1.29 is 22.7 Å². The van der Waals surface area contributed by atoms with Crippen LogP contribution in [0.2, 0.25) is 0 Å². The molecule has 0 aliphatic heterocycles. The summed E-state index contributed by atoms with van der Waals surface area (Å²) in [6.07, 6.45) is 6.05. The number of carbonyl (C=O) groups is 1. The van der Waals surface area contributed by atoms with Crippen molar-refractivity contribution >= 4 is 27.0 Å². The van der Waals surface area contributed by atoms with Gasteiger partial charge in [-0.1, -0.05) is 32.8 Å². The van der Waals surface area contributed by atoms with E-state index in [2.05, 4.69) is 23.5 Å². The van der Waals surface area contributed by atoms with Crippen molar-refractivity contribution in [3.05, 3.63) is 59.4 Å². The highest BCUT2D eigenvalue weighted by Crippen LogP contribution is 2.33. The number of pyridine rings is 1. The summed E-state index contributed by atoms with van der Waals surface area (Å²) < 4.78 is 41.3. The molecule has 0 saturated heterocycles. The lowest BCUT2D eigenvalue weighted by Crippen LogP contribution is -2.33. The molecule has 202 valence electrons. The minimum atomic E-state index is -3.61. The molecule has 2 heterocycles. The van der Waals surface area contributed by atoms with Gasteiger partial charge >= 0.3 is 0 Å². The Bertz CT molecular complexity index is 1310. The molecule has 0 saturated carbocycles. The van der Waals surface area contributed by atoms with Crippen LogP contribution in [0.15, 0.2) is 42.6 Å². The van der Waals surface area contributed by atoms with Crippen LogP contribution in [0.3, 0.4) is 0 Å². The molecule has 0 unspecified atom stereocenters. The van der Waals surface area contributed by atoms with Crippen LogP contribution in [0.25, 0.3) is 5.52 Å². The monoisotopic (exact) mass is 529 g/mol. The molecule has 0 aliphatic carbocycles. The number of carbonyl (C=O) groups excluding carboxylic acids is 1. The van der Waals surface area contributed by atoms with Gasteiger partial charge in [0.15, 0.2) is 0 Å². The molecule has 2 aromatic heterocycles. The van der Waals surface area contributed by atoms with Gasteiger partial charge in [0.05, 0.1) is 31.2 Å². The molecule has 0 aliphatic rings. The van der Waals surface area contributed by atoms with Gasteiger partial charge in [-0.3, -0.25) is 9.52 Å². The van der Waals surface area contributed by atoms with E-state index in [4.69, 9.17) is 9.47 Å². The smallest absolute Gasteiger partial charge is 0.234 e. The van der Waals surface area contributed by atoms with Crippen LogP contribution in [-0.2, 0) is 10.0 Å². The first-order valence-electron chi connectivity index (χ1n) is 12.9. The third-order valence-electron chi connectivity index (χ3n) is 6.51. The molecule has 37 heavy (non-hydrogen) atoms. The summed E-state index contributed by atoms with van der Waals surface area (Å²) >= 11 is 0. The highest BCUT2D eigenvalue weighted by molar-refractivity contribution is 7.92. The lowest BCUT2D eigenvalue weighted by Gasteiger charge is -2.22. The van der Waals surface area contributed by atoms with E-state index in [-0.39, 0.29) is 17.3 Å². The first-order chi connectivity index (χ1) is 17.8. The summed E-state index contributed by atoms with van der Waals surface area (Å²) in [6, 6.07) is 10.4. The number of nitrogens with one attached hydrogen (secondary N) is 1. The average Bonchev–Trinajstić information content (AvgIpc) is 3.18. The maximum Gasteiger partial charge on any atom is 0.234 e. The maximum absolute atomic E-state index is 13.5. The van der Waals surface area contributed by atoms with E-state index in [0.717, 1.165) is 49.9 Å². The van der Waals surface area contributed by atoms with E-state index >= 15 is 0 Å². The van der Waals surface area contributed by atoms with Crippen LogP contribution in [0.5, 0.6) is 11.5 Å². The highest BCUT2D eigenvalue weighted by Gasteiger charge is 2.24. The molecule has 9 heteroatoms. The van der Waals surface area contributed by atoms with Gasteiger partial charge in [-0.25, -0.2) is 8.42 Å². The molecule has 1 N–H and O–H groups in total. The van der Waals surface area contributed by atoms with Crippen LogP contribution in [0.4, 0.5) is 5.69 Å². The van der Waals surface area contributed by atoms with Crippen molar-refractivity contribution in [3.63, 3.8) is 0 Å². The van der Waals surface area contributed by atoms with Gasteiger partial charge < -0.3 is 18.8 Å². The first kappa shape index (κ1) is 28.5. The Morgan fingerprint density at radius 3 is 2.32 bits per heavy atom. The normalized spacial score (nSPS) is 11.7. The Kier molecular flexibility index (Phi) is 10.00. The summed E-state index contributed by atoms with van der Waals surface area (Å²) in [6.45, 7) is 8.37. The second-order valence-electron chi connectivity index (χ2n) is 9.18.